The Morgan fingerprint density at radius 1 is 0.818 bits per heavy atom. The fraction of sp³-hybridized carbons (Fsp3) is 0.353. The molecule has 2 fully saturated rings. The highest BCUT2D eigenvalue weighted by atomic mass is 16.5. The quantitative estimate of drug-likeness (QED) is 0.0974. The summed E-state index contributed by atoms with van der Waals surface area (Å²) in [5, 5.41) is 21.0. The molecular formula is C51H53N7O8. The van der Waals surface area contributed by atoms with Crippen molar-refractivity contribution in [2.75, 3.05) is 39.3 Å². The van der Waals surface area contributed by atoms with Gasteiger partial charge >= 0.3 is 5.97 Å². The molecule has 0 aliphatic carbocycles. The molecule has 0 saturated carbocycles. The van der Waals surface area contributed by atoms with Crippen molar-refractivity contribution in [3.63, 3.8) is 0 Å². The summed E-state index contributed by atoms with van der Waals surface area (Å²) in [5.41, 5.74) is 7.72. The summed E-state index contributed by atoms with van der Waals surface area (Å²) in [4.78, 5) is 83.4. The number of carbonyl (C=O) groups excluding carboxylic acids is 5. The molecule has 3 aliphatic heterocycles. The number of hydrogen-bond acceptors (Lipinski definition) is 9. The van der Waals surface area contributed by atoms with Crippen molar-refractivity contribution in [3.05, 3.63) is 118 Å². The zero-order chi connectivity index (χ0) is 46.4. The SMILES string of the molecule is Cc1ccc2c(CCCOc3cccc4ccccc34)c(C(=O)O)n(CCN3CCN(C(=O)CCc4cccc5c4C(=O)N(C4CCC(=O)NC4=O)C5=O)CC3)c2c1-c1c(C)nn(C)c1C. The van der Waals surface area contributed by atoms with Gasteiger partial charge in [0.2, 0.25) is 17.7 Å². The van der Waals surface area contributed by atoms with E-state index in [0.29, 0.717) is 64.3 Å². The molecule has 2 N–H and O–H groups in total. The number of piperazine rings is 1. The van der Waals surface area contributed by atoms with E-state index in [1.54, 1.807) is 18.2 Å². The number of nitrogens with one attached hydrogen (secondary N) is 1. The molecule has 15 nitrogen and oxygen atoms in total. The van der Waals surface area contributed by atoms with Crippen LogP contribution in [0.2, 0.25) is 0 Å². The number of imide groups is 2. The van der Waals surface area contributed by atoms with E-state index in [1.807, 2.05) is 65.4 Å². The third-order valence-electron chi connectivity index (χ3n) is 13.6. The van der Waals surface area contributed by atoms with Crippen LogP contribution in [-0.4, -0.2) is 115 Å². The number of carbonyl (C=O) groups is 6. The van der Waals surface area contributed by atoms with E-state index >= 15 is 0 Å². The zero-order valence-electron chi connectivity index (χ0n) is 37.7. The van der Waals surface area contributed by atoms with Gasteiger partial charge in [0, 0.05) is 86.8 Å². The molecule has 6 aromatic rings. The van der Waals surface area contributed by atoms with Crippen LogP contribution in [0.25, 0.3) is 32.8 Å². The first-order valence-electron chi connectivity index (χ1n) is 22.6. The van der Waals surface area contributed by atoms with E-state index in [4.69, 9.17) is 9.84 Å². The lowest BCUT2D eigenvalue weighted by molar-refractivity contribution is -0.136. The van der Waals surface area contributed by atoms with Gasteiger partial charge < -0.3 is 19.3 Å². The Labute approximate surface area is 381 Å². The van der Waals surface area contributed by atoms with Gasteiger partial charge in [0.15, 0.2) is 0 Å². The molecule has 15 heteroatoms. The fourth-order valence-corrected chi connectivity index (χ4v) is 10.2. The largest absolute Gasteiger partial charge is 0.493 e. The van der Waals surface area contributed by atoms with Gasteiger partial charge in [-0.15, -0.1) is 0 Å². The minimum absolute atomic E-state index is 0.0304. The Bertz CT molecular complexity index is 2970. The Balaban J connectivity index is 0.900. The van der Waals surface area contributed by atoms with E-state index in [-0.39, 0.29) is 48.4 Å². The molecule has 1 unspecified atom stereocenters. The Morgan fingerprint density at radius 2 is 1.58 bits per heavy atom. The molecule has 1 atom stereocenters. The lowest BCUT2D eigenvalue weighted by Gasteiger charge is -2.35. The average Bonchev–Trinajstić information content (AvgIpc) is 3.86. The molecule has 340 valence electrons. The summed E-state index contributed by atoms with van der Waals surface area (Å²) >= 11 is 0. The second-order valence-corrected chi connectivity index (χ2v) is 17.5. The van der Waals surface area contributed by atoms with Gasteiger partial charge in [0.05, 0.1) is 28.9 Å². The number of rotatable bonds is 14. The van der Waals surface area contributed by atoms with E-state index < -0.39 is 35.6 Å². The van der Waals surface area contributed by atoms with Crippen LogP contribution in [0.4, 0.5) is 0 Å². The van der Waals surface area contributed by atoms with Gasteiger partial charge in [-0.2, -0.15) is 5.10 Å². The van der Waals surface area contributed by atoms with Crippen LogP contribution in [0, 0.1) is 20.8 Å². The highest BCUT2D eigenvalue weighted by molar-refractivity contribution is 6.24. The van der Waals surface area contributed by atoms with Crippen LogP contribution in [0.3, 0.4) is 0 Å². The molecular weight excluding hydrogens is 839 g/mol. The average molecular weight is 892 g/mol. The Kier molecular flexibility index (Phi) is 12.0. The van der Waals surface area contributed by atoms with E-state index in [2.05, 4.69) is 41.4 Å². The van der Waals surface area contributed by atoms with Crippen LogP contribution in [0.5, 0.6) is 5.75 Å². The third kappa shape index (κ3) is 8.01. The first-order valence-corrected chi connectivity index (χ1v) is 22.6. The Morgan fingerprint density at radius 3 is 2.32 bits per heavy atom. The minimum atomic E-state index is -1.07. The minimum Gasteiger partial charge on any atom is -0.493 e. The molecule has 0 bridgehead atoms. The smallest absolute Gasteiger partial charge is 0.352 e. The second-order valence-electron chi connectivity index (χ2n) is 17.5. The van der Waals surface area contributed by atoms with Crippen molar-refractivity contribution in [1.29, 1.82) is 0 Å². The second kappa shape index (κ2) is 18.0. The van der Waals surface area contributed by atoms with E-state index in [0.717, 1.165) is 66.0 Å². The summed E-state index contributed by atoms with van der Waals surface area (Å²) < 4.78 is 10.2. The number of aromatic nitrogens is 3. The van der Waals surface area contributed by atoms with Crippen molar-refractivity contribution in [1.82, 2.24) is 34.4 Å². The van der Waals surface area contributed by atoms with Crippen molar-refractivity contribution in [2.45, 2.75) is 71.9 Å². The maximum Gasteiger partial charge on any atom is 0.352 e. The molecule has 0 radical (unpaired) electrons. The van der Waals surface area contributed by atoms with Crippen LogP contribution >= 0.6 is 0 Å². The summed E-state index contributed by atoms with van der Waals surface area (Å²) in [6.07, 6.45) is 1.56. The topological polar surface area (TPSA) is 176 Å². The van der Waals surface area contributed by atoms with Crippen LogP contribution < -0.4 is 10.1 Å². The number of carboxylic acid groups (broad SMARTS) is 1. The van der Waals surface area contributed by atoms with Gasteiger partial charge in [0.25, 0.3) is 11.8 Å². The summed E-state index contributed by atoms with van der Waals surface area (Å²) in [6, 6.07) is 22.1. The van der Waals surface area contributed by atoms with Crippen LogP contribution in [-0.2, 0) is 40.8 Å². The number of hydrogen-bond donors (Lipinski definition) is 2. The number of carboxylic acids is 1. The van der Waals surface area contributed by atoms with Gasteiger partial charge in [-0.25, -0.2) is 4.79 Å². The number of aromatic carboxylic acids is 1. The third-order valence-corrected chi connectivity index (χ3v) is 13.6. The standard InChI is InChI=1S/C51H53N7O8/c1-30-17-19-37-36(15-9-29-66-40-16-8-11-33-10-5-6-13-35(33)40)47(51(64)65)57(46(37)43(30)44-31(2)53-54(4)32(44)3)28-25-55-23-26-56(27-24-55)42(60)22-18-34-12-7-14-38-45(34)50(63)58(49(38)62)39-20-21-41(59)52-48(39)61/h5-8,10-14,16-17,19,39H,9,15,18,20-29H2,1-4H3,(H,64,65)(H,52,59,61). The van der Waals surface area contributed by atoms with Crippen LogP contribution in [0.15, 0.2) is 72.8 Å². The number of aryl methyl sites for hydroxylation is 5. The summed E-state index contributed by atoms with van der Waals surface area (Å²) in [5.74, 6) is -2.55. The van der Waals surface area contributed by atoms with Crippen molar-refractivity contribution < 1.29 is 38.6 Å². The van der Waals surface area contributed by atoms with Gasteiger partial charge in [0.1, 0.15) is 17.5 Å². The van der Waals surface area contributed by atoms with E-state index in [9.17, 15) is 33.9 Å². The van der Waals surface area contributed by atoms with Gasteiger partial charge in [-0.1, -0.05) is 60.7 Å². The summed E-state index contributed by atoms with van der Waals surface area (Å²) in [6.45, 7) is 9.61. The monoisotopic (exact) mass is 891 g/mol. The van der Waals surface area contributed by atoms with Crippen molar-refractivity contribution >= 4 is 57.2 Å². The molecule has 4 aromatic carbocycles. The number of ether oxygens (including phenoxy) is 1. The maximum atomic E-state index is 13.6. The summed E-state index contributed by atoms with van der Waals surface area (Å²) in [7, 11) is 1.92. The number of benzene rings is 4. The first kappa shape index (κ1) is 44.1. The lowest BCUT2D eigenvalue weighted by Crippen LogP contribution is -2.54. The fourth-order valence-electron chi connectivity index (χ4n) is 10.2. The Hall–Kier alpha value is -7.13. The molecule has 9 rings (SSSR count). The maximum absolute atomic E-state index is 13.6. The molecule has 2 aromatic heterocycles. The number of amides is 5. The van der Waals surface area contributed by atoms with Crippen LogP contribution in [0.1, 0.15) is 85.0 Å². The first-order chi connectivity index (χ1) is 31.8. The lowest BCUT2D eigenvalue weighted by atomic mass is 9.94. The highest BCUT2D eigenvalue weighted by Crippen LogP contribution is 2.40. The number of nitrogens with zero attached hydrogens (tertiary/aromatic N) is 6. The molecule has 3 aliphatic rings. The van der Waals surface area contributed by atoms with E-state index in [1.165, 1.54) is 0 Å². The number of fused-ring (bicyclic) bond motifs is 3. The normalized spacial score (nSPS) is 16.7. The molecule has 5 amide bonds. The predicted molar refractivity (Wildman–Crippen MR) is 248 cm³/mol. The van der Waals surface area contributed by atoms with Crippen molar-refractivity contribution in [3.8, 4) is 16.9 Å². The predicted octanol–water partition coefficient (Wildman–Crippen LogP) is 6.01. The van der Waals surface area contributed by atoms with Gasteiger partial charge in [-0.05, 0) is 80.7 Å². The molecule has 66 heavy (non-hydrogen) atoms. The van der Waals surface area contributed by atoms with Gasteiger partial charge in [-0.3, -0.25) is 43.8 Å². The van der Waals surface area contributed by atoms with Crippen molar-refractivity contribution in [2.24, 2.45) is 7.05 Å². The molecule has 2 saturated heterocycles. The zero-order valence-corrected chi connectivity index (χ0v) is 37.7. The number of piperidine rings is 1. The molecule has 5 heterocycles. The molecule has 0 spiro atoms. The highest BCUT2D eigenvalue weighted by Gasteiger charge is 2.45.